The number of primary sulfonamides is 1. The van der Waals surface area contributed by atoms with Crippen molar-refractivity contribution in [3.8, 4) is 0 Å². The summed E-state index contributed by atoms with van der Waals surface area (Å²) in [7, 11) is -3.67. The van der Waals surface area contributed by atoms with Crippen molar-refractivity contribution in [3.05, 3.63) is 29.8 Å². The quantitative estimate of drug-likeness (QED) is 0.633. The van der Waals surface area contributed by atoms with Gasteiger partial charge in [-0.25, -0.2) is 13.6 Å². The number of rotatable bonds is 6. The van der Waals surface area contributed by atoms with Crippen LogP contribution in [-0.4, -0.2) is 50.9 Å². The molecule has 2 rings (SSSR count). The fourth-order valence-corrected chi connectivity index (χ4v) is 3.75. The van der Waals surface area contributed by atoms with Crippen molar-refractivity contribution >= 4 is 28.3 Å². The van der Waals surface area contributed by atoms with E-state index in [1.807, 2.05) is 6.92 Å². The molecular weight excluding hydrogens is 388 g/mol. The van der Waals surface area contributed by atoms with Crippen molar-refractivity contribution in [1.29, 1.82) is 0 Å². The number of carbonyl (C=O) groups excluding carboxylic acids is 1. The molecule has 1 aliphatic rings. The highest BCUT2D eigenvalue weighted by molar-refractivity contribution is 7.89. The van der Waals surface area contributed by atoms with E-state index in [9.17, 15) is 13.2 Å². The summed E-state index contributed by atoms with van der Waals surface area (Å²) < 4.78 is 22.5. The predicted molar refractivity (Wildman–Crippen MR) is 109 cm³/mol. The third-order valence-corrected chi connectivity index (χ3v) is 6.16. The lowest BCUT2D eigenvalue weighted by Gasteiger charge is -2.44. The minimum atomic E-state index is -3.67. The first kappa shape index (κ1) is 23.8. The van der Waals surface area contributed by atoms with Gasteiger partial charge in [0.25, 0.3) is 0 Å². The van der Waals surface area contributed by atoms with Gasteiger partial charge < -0.3 is 11.1 Å². The van der Waals surface area contributed by atoms with Crippen LogP contribution in [0.25, 0.3) is 0 Å². The Labute approximate surface area is 168 Å². The maximum Gasteiger partial charge on any atom is 0.238 e. The van der Waals surface area contributed by atoms with Gasteiger partial charge in [0.05, 0.1) is 10.9 Å². The third-order valence-electron chi connectivity index (χ3n) is 5.23. The first-order valence-corrected chi connectivity index (χ1v) is 10.4. The summed E-state index contributed by atoms with van der Waals surface area (Å²) in [6.45, 7) is 8.32. The molecule has 0 aliphatic carbocycles. The number of hydrogen-bond donors (Lipinski definition) is 3. The SMILES string of the molecule is CC(C(=O)NCCc1ccc(S(N)(=O)=O)cc1)N1CCC(N)C(C)(C)C1.Cl. The van der Waals surface area contributed by atoms with Gasteiger partial charge in [0.2, 0.25) is 15.9 Å². The topological polar surface area (TPSA) is 119 Å². The molecule has 0 spiro atoms. The van der Waals surface area contributed by atoms with Gasteiger partial charge in [0.1, 0.15) is 0 Å². The average molecular weight is 419 g/mol. The molecule has 1 fully saturated rings. The molecule has 0 bridgehead atoms. The number of sulfonamides is 1. The number of amides is 1. The van der Waals surface area contributed by atoms with Gasteiger partial charge in [-0.1, -0.05) is 26.0 Å². The van der Waals surface area contributed by atoms with Crippen molar-refractivity contribution in [1.82, 2.24) is 10.2 Å². The highest BCUT2D eigenvalue weighted by atomic mass is 35.5. The van der Waals surface area contributed by atoms with Crippen molar-refractivity contribution in [2.24, 2.45) is 16.3 Å². The lowest BCUT2D eigenvalue weighted by atomic mass is 9.79. The summed E-state index contributed by atoms with van der Waals surface area (Å²) in [5, 5.41) is 8.04. The van der Waals surface area contributed by atoms with Gasteiger partial charge in [-0.15, -0.1) is 12.4 Å². The first-order chi connectivity index (χ1) is 12.0. The average Bonchev–Trinajstić information content (AvgIpc) is 2.56. The molecular formula is C18H31ClN4O3S. The number of hydrogen-bond acceptors (Lipinski definition) is 5. The predicted octanol–water partition coefficient (Wildman–Crippen LogP) is 0.862. The molecule has 1 amide bonds. The van der Waals surface area contributed by atoms with Crippen molar-refractivity contribution < 1.29 is 13.2 Å². The number of nitrogens with one attached hydrogen (secondary N) is 1. The lowest BCUT2D eigenvalue weighted by Crippen LogP contribution is -2.57. The van der Waals surface area contributed by atoms with Gasteiger partial charge in [-0.2, -0.15) is 0 Å². The standard InChI is InChI=1S/C18H30N4O3S.ClH/c1-13(22-11-9-16(19)18(2,3)12-22)17(23)21-10-8-14-4-6-15(7-5-14)26(20,24)25;/h4-7,13,16H,8-12,19H2,1-3H3,(H,21,23)(H2,20,24,25);1H. The van der Waals surface area contributed by atoms with E-state index >= 15 is 0 Å². The molecule has 27 heavy (non-hydrogen) atoms. The monoisotopic (exact) mass is 418 g/mol. The minimum Gasteiger partial charge on any atom is -0.354 e. The van der Waals surface area contributed by atoms with Gasteiger partial charge in [0, 0.05) is 25.7 Å². The maximum atomic E-state index is 12.4. The van der Waals surface area contributed by atoms with E-state index in [1.165, 1.54) is 12.1 Å². The molecule has 1 aromatic carbocycles. The van der Waals surface area contributed by atoms with Crippen molar-refractivity contribution in [3.63, 3.8) is 0 Å². The highest BCUT2D eigenvalue weighted by Crippen LogP contribution is 2.28. The molecule has 1 saturated heterocycles. The summed E-state index contributed by atoms with van der Waals surface area (Å²) in [6.07, 6.45) is 1.51. The summed E-state index contributed by atoms with van der Waals surface area (Å²) in [6, 6.07) is 6.34. The zero-order valence-electron chi connectivity index (χ0n) is 16.1. The van der Waals surface area contributed by atoms with Crippen molar-refractivity contribution in [2.45, 2.75) is 50.6 Å². The molecule has 7 nitrogen and oxygen atoms in total. The normalized spacial score (nSPS) is 21.1. The lowest BCUT2D eigenvalue weighted by molar-refractivity contribution is -0.127. The molecule has 5 N–H and O–H groups in total. The first-order valence-electron chi connectivity index (χ1n) is 8.90. The highest BCUT2D eigenvalue weighted by Gasteiger charge is 2.36. The molecule has 9 heteroatoms. The zero-order valence-corrected chi connectivity index (χ0v) is 17.8. The molecule has 1 aromatic rings. The van der Waals surface area contributed by atoms with E-state index in [4.69, 9.17) is 10.9 Å². The maximum absolute atomic E-state index is 12.4. The number of nitrogens with zero attached hydrogens (tertiary/aromatic N) is 1. The Morgan fingerprint density at radius 3 is 2.44 bits per heavy atom. The van der Waals surface area contributed by atoms with E-state index in [-0.39, 0.29) is 40.7 Å². The molecule has 1 heterocycles. The molecule has 2 atom stereocenters. The van der Waals surface area contributed by atoms with Crippen LogP contribution < -0.4 is 16.2 Å². The Morgan fingerprint density at radius 2 is 1.93 bits per heavy atom. The number of piperidine rings is 1. The minimum absolute atomic E-state index is 0. The summed E-state index contributed by atoms with van der Waals surface area (Å²) in [5.74, 6) is -0.00238. The number of nitrogens with two attached hydrogens (primary N) is 2. The van der Waals surface area contributed by atoms with Crippen LogP contribution >= 0.6 is 12.4 Å². The fourth-order valence-electron chi connectivity index (χ4n) is 3.24. The van der Waals surface area contributed by atoms with Crippen LogP contribution in [0.3, 0.4) is 0 Å². The van der Waals surface area contributed by atoms with Gasteiger partial charge in [-0.3, -0.25) is 9.69 Å². The number of likely N-dealkylation sites (tertiary alicyclic amines) is 1. The zero-order chi connectivity index (χ0) is 19.5. The number of benzene rings is 1. The fraction of sp³-hybridized carbons (Fsp3) is 0.611. The summed E-state index contributed by atoms with van der Waals surface area (Å²) in [5.41, 5.74) is 7.10. The van der Waals surface area contributed by atoms with Gasteiger partial charge >= 0.3 is 0 Å². The van der Waals surface area contributed by atoms with E-state index in [0.717, 1.165) is 25.1 Å². The van der Waals surface area contributed by atoms with E-state index < -0.39 is 10.0 Å². The Balaban J connectivity index is 0.00000364. The van der Waals surface area contributed by atoms with Crippen LogP contribution in [-0.2, 0) is 21.2 Å². The molecule has 0 radical (unpaired) electrons. The van der Waals surface area contributed by atoms with Crippen LogP contribution in [0.4, 0.5) is 0 Å². The Morgan fingerprint density at radius 1 is 1.33 bits per heavy atom. The molecule has 2 unspecified atom stereocenters. The van der Waals surface area contributed by atoms with Crippen LogP contribution in [0.15, 0.2) is 29.2 Å². The Kier molecular flexibility index (Phi) is 8.25. The van der Waals surface area contributed by atoms with Gasteiger partial charge in [0.15, 0.2) is 0 Å². The third kappa shape index (κ3) is 6.43. The molecule has 0 aromatic heterocycles. The van der Waals surface area contributed by atoms with E-state index in [1.54, 1.807) is 12.1 Å². The smallest absolute Gasteiger partial charge is 0.238 e. The van der Waals surface area contributed by atoms with Crippen molar-refractivity contribution in [2.75, 3.05) is 19.6 Å². The van der Waals surface area contributed by atoms with Crippen LogP contribution in [0.5, 0.6) is 0 Å². The van der Waals surface area contributed by atoms with Crippen LogP contribution in [0, 0.1) is 5.41 Å². The second kappa shape index (κ2) is 9.34. The van der Waals surface area contributed by atoms with Crippen LogP contribution in [0.2, 0.25) is 0 Å². The Hall–Kier alpha value is -1.19. The Bertz CT molecular complexity index is 737. The summed E-state index contributed by atoms with van der Waals surface area (Å²) >= 11 is 0. The van der Waals surface area contributed by atoms with E-state index in [2.05, 4.69) is 24.1 Å². The van der Waals surface area contributed by atoms with Gasteiger partial charge in [-0.05, 0) is 42.9 Å². The number of carbonyl (C=O) groups is 1. The molecule has 154 valence electrons. The summed E-state index contributed by atoms with van der Waals surface area (Å²) in [4.78, 5) is 14.7. The van der Waals surface area contributed by atoms with Crippen LogP contribution in [0.1, 0.15) is 32.8 Å². The second-order valence-electron chi connectivity index (χ2n) is 7.76. The largest absolute Gasteiger partial charge is 0.354 e. The molecule has 0 saturated carbocycles. The van der Waals surface area contributed by atoms with E-state index in [0.29, 0.717) is 13.0 Å². The second-order valence-corrected chi connectivity index (χ2v) is 9.32. The number of halogens is 1. The molecule has 1 aliphatic heterocycles.